The number of ether oxygens (including phenoxy) is 2. The third-order valence-electron chi connectivity index (χ3n) is 6.09. The Bertz CT molecular complexity index is 1300. The van der Waals surface area contributed by atoms with Crippen LogP contribution in [0.4, 0.5) is 11.6 Å². The van der Waals surface area contributed by atoms with E-state index in [-0.39, 0.29) is 17.5 Å². The molecule has 2 heterocycles. The number of hydrogen-bond donors (Lipinski definition) is 1. The highest BCUT2D eigenvalue weighted by atomic mass is 35.5. The van der Waals surface area contributed by atoms with E-state index in [1.807, 2.05) is 46.8 Å². The number of esters is 1. The molecular weight excluding hydrogens is 504 g/mol. The van der Waals surface area contributed by atoms with E-state index in [1.165, 1.54) is 5.56 Å². The Hall–Kier alpha value is -3.10. The molecular formula is C29H37ClN4O4. The number of benzene rings is 2. The smallest absolute Gasteiger partial charge is 0.307 e. The van der Waals surface area contributed by atoms with E-state index in [2.05, 4.69) is 52.4 Å². The second kappa shape index (κ2) is 10.9. The Kier molecular flexibility index (Phi) is 8.04. The van der Waals surface area contributed by atoms with Crippen LogP contribution in [0, 0.1) is 0 Å². The molecule has 0 aliphatic carbocycles. The molecule has 4 rings (SSSR count). The average Bonchev–Trinajstić information content (AvgIpc) is 3.39. The van der Waals surface area contributed by atoms with E-state index < -0.39 is 5.60 Å². The summed E-state index contributed by atoms with van der Waals surface area (Å²) in [5, 5.41) is 8.12. The number of hydrogen-bond acceptors (Lipinski definition) is 8. The van der Waals surface area contributed by atoms with Crippen LogP contribution in [0.3, 0.4) is 0 Å². The van der Waals surface area contributed by atoms with Crippen LogP contribution < -0.4 is 15.0 Å². The first-order valence-corrected chi connectivity index (χ1v) is 13.3. The van der Waals surface area contributed by atoms with E-state index in [0.717, 1.165) is 23.4 Å². The highest BCUT2D eigenvalue weighted by molar-refractivity contribution is 6.32. The van der Waals surface area contributed by atoms with Gasteiger partial charge in [-0.1, -0.05) is 37.6 Å². The fourth-order valence-electron chi connectivity index (χ4n) is 4.46. The van der Waals surface area contributed by atoms with Crippen molar-refractivity contribution >= 4 is 29.2 Å². The molecule has 0 fully saturated rings. The number of fused-ring (bicyclic) bond motifs is 1. The lowest BCUT2D eigenvalue weighted by Crippen LogP contribution is -2.26. The number of carbonyl (C=O) groups is 1. The van der Waals surface area contributed by atoms with Crippen molar-refractivity contribution in [2.75, 3.05) is 18.0 Å². The topological polar surface area (TPSA) is 89.7 Å². The minimum absolute atomic E-state index is 0.0282. The van der Waals surface area contributed by atoms with Crippen molar-refractivity contribution in [2.24, 2.45) is 0 Å². The molecule has 38 heavy (non-hydrogen) atoms. The Labute approximate surface area is 229 Å². The van der Waals surface area contributed by atoms with Crippen molar-refractivity contribution in [3.63, 3.8) is 0 Å². The highest BCUT2D eigenvalue weighted by Gasteiger charge is 2.38. The van der Waals surface area contributed by atoms with Gasteiger partial charge < -0.3 is 24.2 Å². The molecule has 0 amide bonds. The Morgan fingerprint density at radius 1 is 1.21 bits per heavy atom. The van der Waals surface area contributed by atoms with Crippen molar-refractivity contribution in [2.45, 2.75) is 78.6 Å². The quantitative estimate of drug-likeness (QED) is 0.245. The van der Waals surface area contributed by atoms with Crippen molar-refractivity contribution in [1.29, 1.82) is 0 Å². The van der Waals surface area contributed by atoms with E-state index in [0.29, 0.717) is 42.1 Å². The Morgan fingerprint density at radius 2 is 1.97 bits per heavy atom. The number of halogens is 1. The summed E-state index contributed by atoms with van der Waals surface area (Å²) in [7, 11) is 0. The van der Waals surface area contributed by atoms with E-state index >= 15 is 0 Å². The molecule has 1 aromatic heterocycles. The molecule has 0 radical (unpaired) electrons. The summed E-state index contributed by atoms with van der Waals surface area (Å²) in [6, 6.07) is 11.9. The SMILES string of the molecule is CC(C)Oc1ccc(-c2nc(N3CC(C)(C)c4cc(CNCCC(=O)OC(C)(C)C)ccc43)no2)cc1Cl. The Morgan fingerprint density at radius 3 is 2.66 bits per heavy atom. The molecule has 0 bridgehead atoms. The molecule has 2 aromatic carbocycles. The van der Waals surface area contributed by atoms with Gasteiger partial charge in [0.1, 0.15) is 11.4 Å². The van der Waals surface area contributed by atoms with Crippen LogP contribution in [0.1, 0.15) is 66.0 Å². The van der Waals surface area contributed by atoms with Crippen molar-refractivity contribution in [1.82, 2.24) is 15.5 Å². The van der Waals surface area contributed by atoms with Gasteiger partial charge in [-0.15, -0.1) is 0 Å². The lowest BCUT2D eigenvalue weighted by molar-refractivity contribution is -0.154. The monoisotopic (exact) mass is 540 g/mol. The minimum Gasteiger partial charge on any atom is -0.489 e. The van der Waals surface area contributed by atoms with E-state index in [1.54, 1.807) is 6.07 Å². The number of aromatic nitrogens is 2. The summed E-state index contributed by atoms with van der Waals surface area (Å²) in [6.07, 6.45) is 0.362. The molecule has 1 aliphatic heterocycles. The maximum absolute atomic E-state index is 11.9. The zero-order valence-corrected chi connectivity index (χ0v) is 24.0. The molecule has 1 N–H and O–H groups in total. The molecule has 0 saturated carbocycles. The van der Waals surface area contributed by atoms with E-state index in [4.69, 9.17) is 25.6 Å². The van der Waals surface area contributed by atoms with Crippen molar-refractivity contribution < 1.29 is 18.8 Å². The normalized spacial score (nSPS) is 14.6. The largest absolute Gasteiger partial charge is 0.489 e. The maximum atomic E-state index is 11.9. The molecule has 0 spiro atoms. The van der Waals surface area contributed by atoms with Gasteiger partial charge in [0.05, 0.1) is 17.5 Å². The predicted octanol–water partition coefficient (Wildman–Crippen LogP) is 6.43. The van der Waals surface area contributed by atoms with E-state index in [9.17, 15) is 4.79 Å². The minimum atomic E-state index is -0.464. The fourth-order valence-corrected chi connectivity index (χ4v) is 4.68. The van der Waals surface area contributed by atoms with Crippen molar-refractivity contribution in [3.05, 3.63) is 52.5 Å². The maximum Gasteiger partial charge on any atom is 0.307 e. The average molecular weight is 541 g/mol. The number of carbonyl (C=O) groups excluding carboxylic acids is 1. The van der Waals surface area contributed by atoms with Gasteiger partial charge in [-0.2, -0.15) is 4.98 Å². The van der Waals surface area contributed by atoms with Gasteiger partial charge in [0.15, 0.2) is 0 Å². The molecule has 1 aliphatic rings. The summed E-state index contributed by atoms with van der Waals surface area (Å²) in [4.78, 5) is 18.7. The van der Waals surface area contributed by atoms with Crippen molar-refractivity contribution in [3.8, 4) is 17.2 Å². The zero-order chi connectivity index (χ0) is 27.7. The van der Waals surface area contributed by atoms with Crippen LogP contribution in [0.15, 0.2) is 40.9 Å². The summed E-state index contributed by atoms with van der Waals surface area (Å²) in [5.74, 6) is 1.33. The van der Waals surface area contributed by atoms with Gasteiger partial charge in [0.2, 0.25) is 0 Å². The fraction of sp³-hybridized carbons (Fsp3) is 0.483. The molecule has 3 aromatic rings. The first-order chi connectivity index (χ1) is 17.8. The summed E-state index contributed by atoms with van der Waals surface area (Å²) < 4.78 is 16.7. The van der Waals surface area contributed by atoms with Crippen LogP contribution >= 0.6 is 11.6 Å². The second-order valence-electron chi connectivity index (χ2n) is 11.5. The van der Waals surface area contributed by atoms with Crippen LogP contribution in [-0.4, -0.2) is 40.9 Å². The molecule has 9 heteroatoms. The Balaban J connectivity index is 1.44. The summed E-state index contributed by atoms with van der Waals surface area (Å²) >= 11 is 6.41. The molecule has 204 valence electrons. The number of anilines is 2. The molecule has 8 nitrogen and oxygen atoms in total. The number of nitrogens with one attached hydrogen (secondary N) is 1. The zero-order valence-electron chi connectivity index (χ0n) is 23.2. The lowest BCUT2D eigenvalue weighted by atomic mass is 9.86. The molecule has 0 unspecified atom stereocenters. The second-order valence-corrected chi connectivity index (χ2v) is 12.0. The lowest BCUT2D eigenvalue weighted by Gasteiger charge is -2.19. The van der Waals surface area contributed by atoms with Crippen LogP contribution in [0.2, 0.25) is 5.02 Å². The molecule has 0 saturated heterocycles. The molecule has 0 atom stereocenters. The third kappa shape index (κ3) is 6.66. The van der Waals surface area contributed by atoms with Crippen LogP contribution in [0.25, 0.3) is 11.5 Å². The first kappa shape index (κ1) is 27.9. The van der Waals surface area contributed by atoms with Crippen LogP contribution in [-0.2, 0) is 21.5 Å². The van der Waals surface area contributed by atoms with Gasteiger partial charge in [-0.25, -0.2) is 0 Å². The first-order valence-electron chi connectivity index (χ1n) is 13.0. The number of rotatable bonds is 9. The van der Waals surface area contributed by atoms with Crippen LogP contribution in [0.5, 0.6) is 5.75 Å². The standard InChI is InChI=1S/C29H37ClN4O4/c1-18(2)36-24-11-9-20(15-22(24)30)26-32-27(33-38-26)34-17-29(6,7)21-14-19(8-10-23(21)34)16-31-13-12-25(35)37-28(3,4)5/h8-11,14-15,18,31H,12-13,16-17H2,1-7H3. The number of nitrogens with zero attached hydrogens (tertiary/aromatic N) is 3. The van der Waals surface area contributed by atoms with Gasteiger partial charge in [-0.3, -0.25) is 4.79 Å². The van der Waals surface area contributed by atoms with Gasteiger partial charge in [0.25, 0.3) is 11.8 Å². The summed E-state index contributed by atoms with van der Waals surface area (Å²) in [6.45, 7) is 15.9. The predicted molar refractivity (Wildman–Crippen MR) is 149 cm³/mol. The highest BCUT2D eigenvalue weighted by Crippen LogP contribution is 2.44. The summed E-state index contributed by atoms with van der Waals surface area (Å²) in [5.41, 5.74) is 3.58. The third-order valence-corrected chi connectivity index (χ3v) is 6.38. The van der Waals surface area contributed by atoms with Gasteiger partial charge in [-0.05, 0) is 75.2 Å². The van der Waals surface area contributed by atoms with Gasteiger partial charge >= 0.3 is 5.97 Å². The van der Waals surface area contributed by atoms with Gasteiger partial charge in [0, 0.05) is 36.3 Å².